The first-order chi connectivity index (χ1) is 26.9. The van der Waals surface area contributed by atoms with Crippen LogP contribution in [0, 0.1) is 27.7 Å². The zero-order valence-corrected chi connectivity index (χ0v) is 39.6. The Balaban J connectivity index is 1.26. The third-order valence-corrected chi connectivity index (χ3v) is 38.1. The zero-order valence-electron chi connectivity index (χ0n) is 35.0. The van der Waals surface area contributed by atoms with E-state index in [0.717, 1.165) is 0 Å². The molecule has 1 fully saturated rings. The molecule has 1 aliphatic heterocycles. The van der Waals surface area contributed by atoms with E-state index in [4.69, 9.17) is 0 Å². The molecule has 2 aliphatic carbocycles. The van der Waals surface area contributed by atoms with Crippen molar-refractivity contribution >= 4 is 20.2 Å². The van der Waals surface area contributed by atoms with Crippen LogP contribution in [-0.2, 0) is 20.0 Å². The first-order valence-electron chi connectivity index (χ1n) is 20.9. The van der Waals surface area contributed by atoms with Gasteiger partial charge in [0.15, 0.2) is 0 Å². The SMILES string of the molecule is Cc1ccc(-c2cccc3c2C=C2[CH]3[Hf]([CH3])([CH3])[CH]3C(=Cc4c(-c5ccc(C)c(-c6ccccc6)c5C)cccc43)[Si]2(C(C)C)C(C)C)c(C)c1-c1ccccc1. The van der Waals surface area contributed by atoms with Crippen molar-refractivity contribution in [2.45, 2.75) is 83.2 Å². The van der Waals surface area contributed by atoms with Crippen LogP contribution in [0.4, 0.5) is 0 Å². The molecular weight excluding hydrogens is 855 g/mol. The molecule has 56 heavy (non-hydrogen) atoms. The number of aryl methyl sites for hydroxylation is 2. The second-order valence-corrected chi connectivity index (χ2v) is 40.7. The molecule has 3 aliphatic rings. The number of hydrogen-bond acceptors (Lipinski definition) is 0. The molecule has 0 nitrogen and oxygen atoms in total. The summed E-state index contributed by atoms with van der Waals surface area (Å²) in [7, 11) is -2.22. The molecule has 0 amide bonds. The number of fused-ring (bicyclic) bond motifs is 6. The average Bonchev–Trinajstić information content (AvgIpc) is 3.77. The summed E-state index contributed by atoms with van der Waals surface area (Å²) in [5, 5.41) is 3.72. The predicted molar refractivity (Wildman–Crippen MR) is 243 cm³/mol. The van der Waals surface area contributed by atoms with Gasteiger partial charge in [0.05, 0.1) is 0 Å². The maximum absolute atomic E-state index is 3.28. The van der Waals surface area contributed by atoms with Gasteiger partial charge in [0.2, 0.25) is 0 Å². The van der Waals surface area contributed by atoms with Crippen molar-refractivity contribution in [1.29, 1.82) is 0 Å². The van der Waals surface area contributed by atoms with Gasteiger partial charge in [-0.2, -0.15) is 0 Å². The van der Waals surface area contributed by atoms with Crippen LogP contribution in [0.5, 0.6) is 0 Å². The Kier molecular flexibility index (Phi) is 9.21. The van der Waals surface area contributed by atoms with E-state index in [1.54, 1.807) is 11.1 Å². The van der Waals surface area contributed by atoms with Crippen molar-refractivity contribution in [1.82, 2.24) is 0 Å². The molecule has 2 unspecified atom stereocenters. The molecule has 2 heteroatoms. The van der Waals surface area contributed by atoms with E-state index < -0.39 is 28.0 Å². The van der Waals surface area contributed by atoms with Gasteiger partial charge in [-0.1, -0.05) is 0 Å². The van der Waals surface area contributed by atoms with Crippen LogP contribution >= 0.6 is 0 Å². The minimum absolute atomic E-state index is 0.593. The van der Waals surface area contributed by atoms with Crippen molar-refractivity contribution in [2.24, 2.45) is 0 Å². The summed E-state index contributed by atoms with van der Waals surface area (Å²) >= 11 is -3.28. The van der Waals surface area contributed by atoms with E-state index in [0.29, 0.717) is 18.4 Å². The molecule has 0 bridgehead atoms. The van der Waals surface area contributed by atoms with Crippen molar-refractivity contribution in [2.75, 3.05) is 0 Å². The third-order valence-electron chi connectivity index (χ3n) is 14.4. The summed E-state index contributed by atoms with van der Waals surface area (Å²) in [6.45, 7) is 19.6. The third kappa shape index (κ3) is 5.31. The normalized spacial score (nSPS) is 18.6. The Morgan fingerprint density at radius 2 is 0.839 bits per heavy atom. The van der Waals surface area contributed by atoms with Crippen LogP contribution in [0.25, 0.3) is 56.7 Å². The molecule has 280 valence electrons. The van der Waals surface area contributed by atoms with Crippen molar-refractivity contribution in [3.63, 3.8) is 0 Å². The van der Waals surface area contributed by atoms with Crippen LogP contribution in [0.2, 0.25) is 20.4 Å². The van der Waals surface area contributed by atoms with E-state index in [9.17, 15) is 0 Å². The summed E-state index contributed by atoms with van der Waals surface area (Å²) in [6, 6.07) is 46.2. The summed E-state index contributed by atoms with van der Waals surface area (Å²) in [5.41, 5.74) is 23.9. The van der Waals surface area contributed by atoms with E-state index >= 15 is 0 Å². The quantitative estimate of drug-likeness (QED) is 0.146. The van der Waals surface area contributed by atoms with E-state index in [2.05, 4.69) is 198 Å². The Morgan fingerprint density at radius 3 is 1.21 bits per heavy atom. The van der Waals surface area contributed by atoms with E-state index in [-0.39, 0.29) is 0 Å². The number of hydrogen-bond donors (Lipinski definition) is 0. The summed E-state index contributed by atoms with van der Waals surface area (Å²) in [6.07, 6.45) is 5.59. The molecule has 0 spiro atoms. The van der Waals surface area contributed by atoms with Gasteiger partial charge in [-0.25, -0.2) is 0 Å². The fraction of sp³-hybridized carbons (Fsp3) is 0.259. The molecular formula is C54H56HfSi. The first kappa shape index (κ1) is 37.5. The molecule has 0 N–H and O–H groups in total. The van der Waals surface area contributed by atoms with Crippen LogP contribution in [0.15, 0.2) is 132 Å². The second kappa shape index (κ2) is 13.8. The van der Waals surface area contributed by atoms with Gasteiger partial charge in [0, 0.05) is 0 Å². The fourth-order valence-corrected chi connectivity index (χ4v) is 45.0. The molecule has 2 atom stereocenters. The Labute approximate surface area is 341 Å². The van der Waals surface area contributed by atoms with Gasteiger partial charge in [-0.15, -0.1) is 0 Å². The number of benzene rings is 6. The van der Waals surface area contributed by atoms with E-state index in [1.807, 2.05) is 10.4 Å². The molecule has 0 saturated carbocycles. The van der Waals surface area contributed by atoms with Crippen LogP contribution < -0.4 is 0 Å². The average molecular weight is 912 g/mol. The Bertz CT molecular complexity index is 2420. The van der Waals surface area contributed by atoms with Crippen LogP contribution in [0.3, 0.4) is 0 Å². The van der Waals surface area contributed by atoms with Crippen molar-refractivity contribution < 1.29 is 20.0 Å². The molecule has 6 aromatic rings. The zero-order chi connectivity index (χ0) is 39.3. The fourth-order valence-electron chi connectivity index (χ4n) is 12.3. The van der Waals surface area contributed by atoms with Gasteiger partial charge in [-0.3, -0.25) is 0 Å². The molecule has 0 radical (unpaired) electrons. The molecule has 1 saturated heterocycles. The number of rotatable bonds is 6. The summed E-state index contributed by atoms with van der Waals surface area (Å²) in [4.78, 5) is 0. The standard InChI is InChI=1S/C52H50Si.2CH3.Hf/c1-33(2)53(34(3)4,43-29-41-21-15-23-47(49(41)31-43)45-27-25-35(5)51(37(45)7)39-17-11-9-12-18-39)44-30-42-22-16-24-48(50(42)32-44)46-28-26-36(6)52(38(46)8)40-19-13-10-14-20-40;;;/h9-34H,1-8H3;2*1H3;. The maximum atomic E-state index is 2.82. The molecule has 9 rings (SSSR count). The Hall–Kier alpha value is -4.11. The summed E-state index contributed by atoms with van der Waals surface area (Å²) < 4.78 is 6.83. The van der Waals surface area contributed by atoms with Crippen LogP contribution in [-0.4, -0.2) is 8.07 Å². The minimum atomic E-state index is -3.28. The van der Waals surface area contributed by atoms with Gasteiger partial charge >= 0.3 is 344 Å². The van der Waals surface area contributed by atoms with Gasteiger partial charge < -0.3 is 0 Å². The molecule has 6 aromatic carbocycles. The van der Waals surface area contributed by atoms with Crippen molar-refractivity contribution in [3.05, 3.63) is 176 Å². The van der Waals surface area contributed by atoms with E-state index in [1.165, 1.54) is 77.9 Å². The van der Waals surface area contributed by atoms with Crippen molar-refractivity contribution in [3.8, 4) is 44.5 Å². The summed E-state index contributed by atoms with van der Waals surface area (Å²) in [5.74, 6) is 0. The number of allylic oxidation sites excluding steroid dienone is 2. The van der Waals surface area contributed by atoms with Crippen LogP contribution in [0.1, 0.15) is 79.6 Å². The van der Waals surface area contributed by atoms with Gasteiger partial charge in [-0.05, 0) is 0 Å². The first-order valence-corrected chi connectivity index (χ1v) is 34.4. The monoisotopic (exact) mass is 912 g/mol. The Morgan fingerprint density at radius 1 is 0.446 bits per heavy atom. The molecule has 0 aromatic heterocycles. The second-order valence-electron chi connectivity index (χ2n) is 18.3. The molecule has 1 heterocycles. The predicted octanol–water partition coefficient (Wildman–Crippen LogP) is 15.8. The topological polar surface area (TPSA) is 0 Å². The van der Waals surface area contributed by atoms with Gasteiger partial charge in [0.25, 0.3) is 0 Å². The van der Waals surface area contributed by atoms with Gasteiger partial charge in [0.1, 0.15) is 0 Å².